The summed E-state index contributed by atoms with van der Waals surface area (Å²) in [7, 11) is 3.96. The van der Waals surface area contributed by atoms with Crippen LogP contribution in [0, 0.1) is 13.8 Å². The first-order valence-electron chi connectivity index (χ1n) is 8.25. The van der Waals surface area contributed by atoms with Gasteiger partial charge in [0.1, 0.15) is 0 Å². The average Bonchev–Trinajstić information content (AvgIpc) is 2.60. The standard InChI is InChI=1S/C20H25N3O2/c1-14-5-8-17(11-15(14)2)20(25)22-13-19(24)21-12-16-6-9-18(10-7-16)23(3)4/h5-11H,12-13H2,1-4H3,(H,21,24)(H,22,25). The molecule has 2 aromatic carbocycles. The molecule has 0 aliphatic rings. The van der Waals surface area contributed by atoms with Gasteiger partial charge >= 0.3 is 0 Å². The van der Waals surface area contributed by atoms with Crippen LogP contribution >= 0.6 is 0 Å². The Kier molecular flexibility index (Phi) is 6.17. The van der Waals surface area contributed by atoms with Crippen LogP contribution in [0.3, 0.4) is 0 Å². The molecule has 0 unspecified atom stereocenters. The van der Waals surface area contributed by atoms with E-state index in [0.717, 1.165) is 22.4 Å². The summed E-state index contributed by atoms with van der Waals surface area (Å²) < 4.78 is 0. The highest BCUT2D eigenvalue weighted by Crippen LogP contribution is 2.12. The minimum absolute atomic E-state index is 0.0401. The van der Waals surface area contributed by atoms with Gasteiger partial charge in [0.25, 0.3) is 5.91 Å². The summed E-state index contributed by atoms with van der Waals surface area (Å²) in [5, 5.41) is 5.46. The van der Waals surface area contributed by atoms with Crippen LogP contribution in [0.25, 0.3) is 0 Å². The van der Waals surface area contributed by atoms with Crippen LogP contribution in [-0.2, 0) is 11.3 Å². The van der Waals surface area contributed by atoms with Gasteiger partial charge in [-0.2, -0.15) is 0 Å². The van der Waals surface area contributed by atoms with Crippen LogP contribution < -0.4 is 15.5 Å². The van der Waals surface area contributed by atoms with Crippen molar-refractivity contribution >= 4 is 17.5 Å². The topological polar surface area (TPSA) is 61.4 Å². The molecule has 2 rings (SSSR count). The molecule has 25 heavy (non-hydrogen) atoms. The third-order valence-electron chi connectivity index (χ3n) is 4.12. The van der Waals surface area contributed by atoms with Crippen molar-refractivity contribution in [1.82, 2.24) is 10.6 Å². The zero-order valence-electron chi connectivity index (χ0n) is 15.2. The van der Waals surface area contributed by atoms with Crippen molar-refractivity contribution in [3.05, 3.63) is 64.7 Å². The summed E-state index contributed by atoms with van der Waals surface area (Å²) in [4.78, 5) is 26.0. The molecule has 0 saturated heterocycles. The van der Waals surface area contributed by atoms with Crippen molar-refractivity contribution in [1.29, 1.82) is 0 Å². The number of rotatable bonds is 6. The molecular weight excluding hydrogens is 314 g/mol. The number of aryl methyl sites for hydroxylation is 2. The molecule has 0 atom stereocenters. The molecule has 0 aromatic heterocycles. The molecule has 0 saturated carbocycles. The van der Waals surface area contributed by atoms with E-state index >= 15 is 0 Å². The molecule has 2 amide bonds. The lowest BCUT2D eigenvalue weighted by atomic mass is 10.1. The normalized spacial score (nSPS) is 10.2. The number of hydrogen-bond acceptors (Lipinski definition) is 3. The highest BCUT2D eigenvalue weighted by atomic mass is 16.2. The molecule has 0 aliphatic heterocycles. The number of hydrogen-bond donors (Lipinski definition) is 2. The van der Waals surface area contributed by atoms with Gasteiger partial charge in [-0.05, 0) is 54.8 Å². The molecule has 0 heterocycles. The molecular formula is C20H25N3O2. The molecule has 0 spiro atoms. The van der Waals surface area contributed by atoms with Gasteiger partial charge < -0.3 is 15.5 Å². The van der Waals surface area contributed by atoms with Crippen molar-refractivity contribution in [3.63, 3.8) is 0 Å². The number of amides is 2. The summed E-state index contributed by atoms with van der Waals surface area (Å²) in [6.07, 6.45) is 0. The van der Waals surface area contributed by atoms with E-state index in [9.17, 15) is 9.59 Å². The molecule has 2 aromatic rings. The Balaban J connectivity index is 1.80. The predicted octanol–water partition coefficient (Wildman–Crippen LogP) is 2.42. The van der Waals surface area contributed by atoms with Gasteiger partial charge in [-0.1, -0.05) is 18.2 Å². The van der Waals surface area contributed by atoms with Crippen LogP contribution in [-0.4, -0.2) is 32.5 Å². The van der Waals surface area contributed by atoms with Crippen LogP contribution in [0.1, 0.15) is 27.0 Å². The second kappa shape index (κ2) is 8.33. The van der Waals surface area contributed by atoms with Crippen LogP contribution in [0.4, 0.5) is 5.69 Å². The lowest BCUT2D eigenvalue weighted by Crippen LogP contribution is -2.36. The van der Waals surface area contributed by atoms with E-state index in [2.05, 4.69) is 10.6 Å². The summed E-state index contributed by atoms with van der Waals surface area (Å²) in [5.41, 5.74) is 4.87. The molecule has 2 N–H and O–H groups in total. The smallest absolute Gasteiger partial charge is 0.251 e. The quantitative estimate of drug-likeness (QED) is 0.850. The third kappa shape index (κ3) is 5.35. The van der Waals surface area contributed by atoms with Gasteiger partial charge in [0, 0.05) is 31.9 Å². The maximum Gasteiger partial charge on any atom is 0.251 e. The Hall–Kier alpha value is -2.82. The number of benzene rings is 2. The maximum absolute atomic E-state index is 12.1. The highest BCUT2D eigenvalue weighted by Gasteiger charge is 2.09. The zero-order valence-corrected chi connectivity index (χ0v) is 15.2. The van der Waals surface area contributed by atoms with Gasteiger partial charge in [-0.3, -0.25) is 9.59 Å². The summed E-state index contributed by atoms with van der Waals surface area (Å²) in [6, 6.07) is 13.5. The summed E-state index contributed by atoms with van der Waals surface area (Å²) in [5.74, 6) is -0.456. The molecule has 0 fully saturated rings. The number of anilines is 1. The first-order chi connectivity index (χ1) is 11.9. The lowest BCUT2D eigenvalue weighted by molar-refractivity contribution is -0.120. The van der Waals surface area contributed by atoms with Gasteiger partial charge in [0.05, 0.1) is 6.54 Å². The number of nitrogens with one attached hydrogen (secondary N) is 2. The average molecular weight is 339 g/mol. The zero-order chi connectivity index (χ0) is 18.4. The second-order valence-electron chi connectivity index (χ2n) is 6.32. The SMILES string of the molecule is Cc1ccc(C(=O)NCC(=O)NCc2ccc(N(C)C)cc2)cc1C. The fraction of sp³-hybridized carbons (Fsp3) is 0.300. The Labute approximate surface area is 149 Å². The van der Waals surface area contributed by atoms with E-state index in [1.165, 1.54) is 0 Å². The van der Waals surface area contributed by atoms with E-state index in [0.29, 0.717) is 12.1 Å². The lowest BCUT2D eigenvalue weighted by Gasteiger charge is -2.13. The summed E-state index contributed by atoms with van der Waals surface area (Å²) in [6.45, 7) is 4.35. The first kappa shape index (κ1) is 18.5. The number of carbonyl (C=O) groups is 2. The molecule has 132 valence electrons. The van der Waals surface area contributed by atoms with Crippen LogP contribution in [0.15, 0.2) is 42.5 Å². The largest absolute Gasteiger partial charge is 0.378 e. The van der Waals surface area contributed by atoms with Crippen LogP contribution in [0.2, 0.25) is 0 Å². The van der Waals surface area contributed by atoms with Gasteiger partial charge in [-0.15, -0.1) is 0 Å². The van der Waals surface area contributed by atoms with E-state index in [-0.39, 0.29) is 18.4 Å². The Morgan fingerprint density at radius 3 is 2.20 bits per heavy atom. The monoisotopic (exact) mass is 339 g/mol. The fourth-order valence-electron chi connectivity index (χ4n) is 2.32. The van der Waals surface area contributed by atoms with Crippen molar-refractivity contribution in [2.24, 2.45) is 0 Å². The second-order valence-corrected chi connectivity index (χ2v) is 6.32. The molecule has 0 bridgehead atoms. The Bertz CT molecular complexity index is 752. The van der Waals surface area contributed by atoms with Crippen molar-refractivity contribution in [2.45, 2.75) is 20.4 Å². The molecule has 5 heteroatoms. The predicted molar refractivity (Wildman–Crippen MR) is 101 cm³/mol. The Morgan fingerprint density at radius 1 is 0.920 bits per heavy atom. The van der Waals surface area contributed by atoms with Gasteiger partial charge in [-0.25, -0.2) is 0 Å². The summed E-state index contributed by atoms with van der Waals surface area (Å²) >= 11 is 0. The van der Waals surface area contributed by atoms with Crippen molar-refractivity contribution in [3.8, 4) is 0 Å². The molecule has 0 radical (unpaired) electrons. The van der Waals surface area contributed by atoms with E-state index < -0.39 is 0 Å². The minimum Gasteiger partial charge on any atom is -0.378 e. The van der Waals surface area contributed by atoms with Crippen molar-refractivity contribution < 1.29 is 9.59 Å². The molecule has 5 nitrogen and oxygen atoms in total. The van der Waals surface area contributed by atoms with E-state index in [4.69, 9.17) is 0 Å². The number of nitrogens with zero attached hydrogens (tertiary/aromatic N) is 1. The third-order valence-corrected chi connectivity index (χ3v) is 4.12. The minimum atomic E-state index is -0.242. The maximum atomic E-state index is 12.1. The first-order valence-corrected chi connectivity index (χ1v) is 8.25. The number of carbonyl (C=O) groups excluding carboxylic acids is 2. The van der Waals surface area contributed by atoms with Crippen molar-refractivity contribution in [2.75, 3.05) is 25.5 Å². The van der Waals surface area contributed by atoms with Gasteiger partial charge in [0.15, 0.2) is 0 Å². The Morgan fingerprint density at radius 2 is 1.60 bits per heavy atom. The highest BCUT2D eigenvalue weighted by molar-refractivity contribution is 5.96. The van der Waals surface area contributed by atoms with E-state index in [1.807, 2.05) is 69.2 Å². The molecule has 0 aliphatic carbocycles. The van der Waals surface area contributed by atoms with Gasteiger partial charge in [0.2, 0.25) is 5.91 Å². The van der Waals surface area contributed by atoms with E-state index in [1.54, 1.807) is 6.07 Å². The van der Waals surface area contributed by atoms with Crippen LogP contribution in [0.5, 0.6) is 0 Å². The fourth-order valence-corrected chi connectivity index (χ4v) is 2.32.